The van der Waals surface area contributed by atoms with Crippen molar-refractivity contribution in [1.82, 2.24) is 9.80 Å². The molecule has 3 rings (SSSR count). The second-order valence-electron chi connectivity index (χ2n) is 6.69. The van der Waals surface area contributed by atoms with Crippen LogP contribution in [0.25, 0.3) is 0 Å². The molecule has 0 spiro atoms. The highest BCUT2D eigenvalue weighted by Crippen LogP contribution is 2.74. The zero-order valence-corrected chi connectivity index (χ0v) is 13.6. The lowest BCUT2D eigenvalue weighted by Gasteiger charge is -2.50. The standard InChI is InChI=1S/C14H22N2O5S/c1-14(2)11(12(19)20)16-9(18)7-10(16)22(14,8-17)13(21)15-5-3-4-6-15/h10-11,17H,3-8H2,1-2H3,(H,19,20)/t10-,11+/m1/s1. The lowest BCUT2D eigenvalue weighted by Crippen LogP contribution is -2.57. The normalized spacial score (nSPS) is 39.1. The zero-order chi connectivity index (χ0) is 16.3. The predicted molar refractivity (Wildman–Crippen MR) is 81.6 cm³/mol. The predicted octanol–water partition coefficient (Wildman–Crippen LogP) is 0.760. The van der Waals surface area contributed by atoms with E-state index in [0.717, 1.165) is 12.8 Å². The van der Waals surface area contributed by atoms with Gasteiger partial charge in [0.2, 0.25) is 5.91 Å². The van der Waals surface area contributed by atoms with Crippen LogP contribution in [0.5, 0.6) is 0 Å². The molecule has 124 valence electrons. The molecular formula is C14H22N2O5S. The Bertz CT molecular complexity index is 545. The van der Waals surface area contributed by atoms with Gasteiger partial charge in [0, 0.05) is 17.8 Å². The van der Waals surface area contributed by atoms with Gasteiger partial charge >= 0.3 is 5.97 Å². The Kier molecular flexibility index (Phi) is 3.45. The minimum absolute atomic E-state index is 0.122. The van der Waals surface area contributed by atoms with Crippen molar-refractivity contribution in [2.24, 2.45) is 0 Å². The van der Waals surface area contributed by atoms with E-state index in [1.54, 1.807) is 18.7 Å². The molecular weight excluding hydrogens is 308 g/mol. The maximum atomic E-state index is 13.2. The number of nitrogens with zero attached hydrogens (tertiary/aromatic N) is 2. The third-order valence-corrected chi connectivity index (χ3v) is 10.1. The Morgan fingerprint density at radius 2 is 1.91 bits per heavy atom. The Morgan fingerprint density at radius 3 is 2.32 bits per heavy atom. The maximum Gasteiger partial charge on any atom is 0.327 e. The molecule has 2 amide bonds. The number of fused-ring (bicyclic) bond motifs is 1. The molecule has 3 atom stereocenters. The van der Waals surface area contributed by atoms with Crippen LogP contribution in [0.15, 0.2) is 0 Å². The molecule has 7 nitrogen and oxygen atoms in total. The first-order chi connectivity index (χ1) is 10.3. The van der Waals surface area contributed by atoms with Crippen molar-refractivity contribution >= 4 is 27.1 Å². The fraction of sp³-hybridized carbons (Fsp3) is 0.786. The molecule has 1 unspecified atom stereocenters. The van der Waals surface area contributed by atoms with Crippen LogP contribution in [-0.2, 0) is 9.59 Å². The van der Waals surface area contributed by atoms with Gasteiger partial charge < -0.3 is 20.0 Å². The molecule has 3 aliphatic heterocycles. The van der Waals surface area contributed by atoms with Gasteiger partial charge in [-0.05, 0) is 26.7 Å². The van der Waals surface area contributed by atoms with Crippen molar-refractivity contribution in [3.8, 4) is 0 Å². The molecule has 0 aromatic carbocycles. The summed E-state index contributed by atoms with van der Waals surface area (Å²) in [6, 6.07) is -1.03. The largest absolute Gasteiger partial charge is 0.480 e. The minimum atomic E-state index is -2.34. The molecule has 0 aromatic heterocycles. The highest BCUT2D eigenvalue weighted by atomic mass is 32.3. The van der Waals surface area contributed by atoms with Gasteiger partial charge in [0.15, 0.2) is 0 Å². The van der Waals surface area contributed by atoms with Gasteiger partial charge in [0.1, 0.15) is 6.04 Å². The van der Waals surface area contributed by atoms with Crippen molar-refractivity contribution < 1.29 is 24.6 Å². The van der Waals surface area contributed by atoms with Gasteiger partial charge in [-0.25, -0.2) is 4.79 Å². The number of carboxylic acids is 1. The summed E-state index contributed by atoms with van der Waals surface area (Å²) in [5.41, 5.74) is 0. The summed E-state index contributed by atoms with van der Waals surface area (Å²) in [5, 5.41) is 19.2. The third kappa shape index (κ3) is 1.65. The van der Waals surface area contributed by atoms with E-state index < -0.39 is 32.2 Å². The van der Waals surface area contributed by atoms with E-state index in [1.807, 2.05) is 0 Å². The molecule has 3 heterocycles. The van der Waals surface area contributed by atoms with Gasteiger partial charge in [0.25, 0.3) is 5.24 Å². The molecule has 0 radical (unpaired) electrons. The Labute approximate surface area is 130 Å². The SMILES string of the molecule is CC1(C)[C@H](C(=O)O)N2C(=O)C[C@H]2S1(CO)C(=O)N1CCCC1. The number of carboxylic acid groups (broad SMARTS) is 1. The second kappa shape index (κ2) is 4.86. The molecule has 3 fully saturated rings. The van der Waals surface area contributed by atoms with Crippen molar-refractivity contribution in [3.05, 3.63) is 0 Å². The Balaban J connectivity index is 2.07. The number of likely N-dealkylation sites (tertiary alicyclic amines) is 1. The van der Waals surface area contributed by atoms with Crippen molar-refractivity contribution in [2.45, 2.75) is 49.3 Å². The van der Waals surface area contributed by atoms with Crippen LogP contribution in [0.4, 0.5) is 4.79 Å². The van der Waals surface area contributed by atoms with E-state index in [2.05, 4.69) is 0 Å². The van der Waals surface area contributed by atoms with E-state index in [9.17, 15) is 24.6 Å². The van der Waals surface area contributed by atoms with E-state index in [4.69, 9.17) is 0 Å². The van der Waals surface area contributed by atoms with Gasteiger partial charge in [0.05, 0.1) is 17.7 Å². The number of rotatable bonds is 2. The van der Waals surface area contributed by atoms with Crippen LogP contribution in [-0.4, -0.2) is 72.3 Å². The molecule has 0 aromatic rings. The molecule has 8 heteroatoms. The number of aliphatic hydroxyl groups is 1. The van der Waals surface area contributed by atoms with Crippen molar-refractivity contribution in [3.63, 3.8) is 0 Å². The number of β-lactam (4-membered cyclic amide) rings is 1. The van der Waals surface area contributed by atoms with E-state index in [-0.39, 0.29) is 23.5 Å². The van der Waals surface area contributed by atoms with E-state index in [0.29, 0.717) is 13.1 Å². The number of hydrogen-bond acceptors (Lipinski definition) is 4. The van der Waals surface area contributed by atoms with Crippen molar-refractivity contribution in [1.29, 1.82) is 0 Å². The number of hydrogen-bond donors (Lipinski definition) is 2. The molecule has 22 heavy (non-hydrogen) atoms. The first kappa shape index (κ1) is 15.6. The fourth-order valence-corrected chi connectivity index (χ4v) is 8.44. The summed E-state index contributed by atoms with van der Waals surface area (Å²) in [6.45, 7) is 4.75. The Hall–Kier alpha value is -1.28. The van der Waals surface area contributed by atoms with E-state index >= 15 is 0 Å². The summed E-state index contributed by atoms with van der Waals surface area (Å²) >= 11 is 0. The molecule has 0 saturated carbocycles. The smallest absolute Gasteiger partial charge is 0.327 e. The topological polar surface area (TPSA) is 98.1 Å². The quantitative estimate of drug-likeness (QED) is 0.729. The van der Waals surface area contributed by atoms with Crippen LogP contribution < -0.4 is 0 Å². The number of carbonyl (C=O) groups excluding carboxylic acids is 2. The van der Waals surface area contributed by atoms with Crippen LogP contribution in [0.3, 0.4) is 0 Å². The van der Waals surface area contributed by atoms with Gasteiger partial charge in [-0.2, -0.15) is 0 Å². The first-order valence-electron chi connectivity index (χ1n) is 7.52. The molecule has 3 aliphatic rings. The van der Waals surface area contributed by atoms with Gasteiger partial charge in [-0.15, -0.1) is 10.0 Å². The maximum absolute atomic E-state index is 13.2. The van der Waals surface area contributed by atoms with Gasteiger partial charge in [-0.3, -0.25) is 9.59 Å². The third-order valence-electron chi connectivity index (χ3n) is 5.40. The molecule has 2 N–H and O–H groups in total. The number of carbonyl (C=O) groups is 3. The average molecular weight is 330 g/mol. The molecule has 3 saturated heterocycles. The molecule has 0 bridgehead atoms. The second-order valence-corrected chi connectivity index (χ2v) is 10.5. The minimum Gasteiger partial charge on any atom is -0.480 e. The van der Waals surface area contributed by atoms with Crippen LogP contribution in [0.1, 0.15) is 33.1 Å². The van der Waals surface area contributed by atoms with Crippen LogP contribution >= 0.6 is 10.0 Å². The van der Waals surface area contributed by atoms with Crippen molar-refractivity contribution in [2.75, 3.05) is 19.0 Å². The van der Waals surface area contributed by atoms with E-state index in [1.165, 1.54) is 4.90 Å². The average Bonchev–Trinajstić information content (AvgIpc) is 3.01. The summed E-state index contributed by atoms with van der Waals surface area (Å²) in [5.74, 6) is -1.68. The van der Waals surface area contributed by atoms with Crippen LogP contribution in [0, 0.1) is 0 Å². The first-order valence-corrected chi connectivity index (χ1v) is 9.39. The van der Waals surface area contributed by atoms with Crippen LogP contribution in [0.2, 0.25) is 0 Å². The number of amides is 2. The summed E-state index contributed by atoms with van der Waals surface area (Å²) in [4.78, 5) is 39.9. The summed E-state index contributed by atoms with van der Waals surface area (Å²) in [7, 11) is -2.34. The fourth-order valence-electron chi connectivity index (χ4n) is 4.13. The lowest BCUT2D eigenvalue weighted by molar-refractivity contribution is -0.157. The monoisotopic (exact) mass is 330 g/mol. The highest BCUT2D eigenvalue weighted by molar-refractivity contribution is 8.46. The summed E-state index contributed by atoms with van der Waals surface area (Å²) in [6.07, 6.45) is 2.04. The Morgan fingerprint density at radius 1 is 1.32 bits per heavy atom. The summed E-state index contributed by atoms with van der Waals surface area (Å²) < 4.78 is -0.940. The number of aliphatic carboxylic acids is 1. The van der Waals surface area contributed by atoms with Gasteiger partial charge in [-0.1, -0.05) is 0 Å². The lowest BCUT2D eigenvalue weighted by atomic mass is 9.98. The number of aliphatic hydroxyl groups excluding tert-OH is 1. The zero-order valence-electron chi connectivity index (χ0n) is 12.8. The highest BCUT2D eigenvalue weighted by Gasteiger charge is 2.71. The molecule has 0 aliphatic carbocycles.